The van der Waals surface area contributed by atoms with Crippen molar-refractivity contribution < 1.29 is 0 Å². The molecule has 0 aromatic heterocycles. The SMILES string of the molecule is Cc1ccc(NC(CC#N)c2ccccc2)cc1C. The molecule has 0 fully saturated rings. The largest absolute Gasteiger partial charge is 0.377 e. The molecule has 0 saturated heterocycles. The van der Waals surface area contributed by atoms with Crippen LogP contribution in [-0.4, -0.2) is 0 Å². The standard InChI is InChI=1S/C17H18N2/c1-13-8-9-16(12-14(13)2)19-17(10-11-18)15-6-4-3-5-7-15/h3-9,12,17,19H,10H2,1-2H3. The van der Waals surface area contributed by atoms with E-state index in [4.69, 9.17) is 5.26 Å². The summed E-state index contributed by atoms with van der Waals surface area (Å²) in [6.07, 6.45) is 0.455. The van der Waals surface area contributed by atoms with E-state index in [1.54, 1.807) is 0 Å². The van der Waals surface area contributed by atoms with Crippen molar-refractivity contribution in [2.75, 3.05) is 5.32 Å². The van der Waals surface area contributed by atoms with Gasteiger partial charge >= 0.3 is 0 Å². The van der Waals surface area contributed by atoms with Crippen molar-refractivity contribution in [1.29, 1.82) is 5.26 Å². The van der Waals surface area contributed by atoms with Crippen LogP contribution in [0.25, 0.3) is 0 Å². The van der Waals surface area contributed by atoms with Crippen LogP contribution < -0.4 is 5.32 Å². The lowest BCUT2D eigenvalue weighted by molar-refractivity contribution is 0.806. The van der Waals surface area contributed by atoms with Gasteiger partial charge in [-0.1, -0.05) is 36.4 Å². The minimum absolute atomic E-state index is 0.0355. The van der Waals surface area contributed by atoms with Crippen LogP contribution in [0.2, 0.25) is 0 Å². The number of aryl methyl sites for hydroxylation is 2. The molecule has 1 N–H and O–H groups in total. The Kier molecular flexibility index (Phi) is 4.20. The molecule has 0 amide bonds. The lowest BCUT2D eigenvalue weighted by Crippen LogP contribution is -2.10. The molecule has 2 rings (SSSR count). The molecule has 1 atom stereocenters. The first-order valence-corrected chi connectivity index (χ1v) is 6.46. The molecule has 0 aliphatic rings. The smallest absolute Gasteiger partial charge is 0.0647 e. The van der Waals surface area contributed by atoms with Crippen molar-refractivity contribution in [3.63, 3.8) is 0 Å². The molecule has 19 heavy (non-hydrogen) atoms. The van der Waals surface area contributed by atoms with Gasteiger partial charge in [-0.2, -0.15) is 5.26 Å². The van der Waals surface area contributed by atoms with Crippen molar-refractivity contribution in [2.45, 2.75) is 26.3 Å². The molecule has 1 unspecified atom stereocenters. The number of rotatable bonds is 4. The van der Waals surface area contributed by atoms with Crippen molar-refractivity contribution in [3.8, 4) is 6.07 Å². The number of hydrogen-bond acceptors (Lipinski definition) is 2. The molecule has 0 aliphatic heterocycles. The van der Waals surface area contributed by atoms with E-state index in [1.165, 1.54) is 11.1 Å². The summed E-state index contributed by atoms with van der Waals surface area (Å²) in [5.41, 5.74) is 4.74. The summed E-state index contributed by atoms with van der Waals surface area (Å²) in [7, 11) is 0. The summed E-state index contributed by atoms with van der Waals surface area (Å²) in [6, 6.07) is 18.7. The second-order valence-electron chi connectivity index (χ2n) is 4.77. The Labute approximate surface area is 114 Å². The Morgan fingerprint density at radius 3 is 2.42 bits per heavy atom. The molecule has 96 valence electrons. The molecule has 0 heterocycles. The number of benzene rings is 2. The van der Waals surface area contributed by atoms with Crippen LogP contribution in [0.15, 0.2) is 48.5 Å². The predicted octanol–water partition coefficient (Wildman–Crippen LogP) is 4.37. The van der Waals surface area contributed by atoms with Crippen LogP contribution >= 0.6 is 0 Å². The van der Waals surface area contributed by atoms with Gasteiger partial charge in [-0.15, -0.1) is 0 Å². The van der Waals surface area contributed by atoms with Crippen LogP contribution in [0.3, 0.4) is 0 Å². The van der Waals surface area contributed by atoms with E-state index in [9.17, 15) is 0 Å². The fraction of sp³-hybridized carbons (Fsp3) is 0.235. The van der Waals surface area contributed by atoms with Gasteiger partial charge < -0.3 is 5.32 Å². The zero-order valence-electron chi connectivity index (χ0n) is 11.4. The van der Waals surface area contributed by atoms with Gasteiger partial charge in [0, 0.05) is 5.69 Å². The summed E-state index contributed by atoms with van der Waals surface area (Å²) in [4.78, 5) is 0. The fourth-order valence-electron chi connectivity index (χ4n) is 2.06. The number of nitrogens with zero attached hydrogens (tertiary/aromatic N) is 1. The summed E-state index contributed by atoms with van der Waals surface area (Å²) in [5, 5.41) is 12.4. The Balaban J connectivity index is 2.22. The van der Waals surface area contributed by atoms with Crippen molar-refractivity contribution >= 4 is 5.69 Å². The highest BCUT2D eigenvalue weighted by Crippen LogP contribution is 2.23. The van der Waals surface area contributed by atoms with E-state index in [0.29, 0.717) is 6.42 Å². The van der Waals surface area contributed by atoms with E-state index in [-0.39, 0.29) is 6.04 Å². The number of hydrogen-bond donors (Lipinski definition) is 1. The van der Waals surface area contributed by atoms with E-state index in [2.05, 4.69) is 55.6 Å². The molecule has 2 heteroatoms. The second-order valence-corrected chi connectivity index (χ2v) is 4.77. The first kappa shape index (κ1) is 13.2. The van der Waals surface area contributed by atoms with Crippen LogP contribution in [-0.2, 0) is 0 Å². The van der Waals surface area contributed by atoms with E-state index >= 15 is 0 Å². The fourth-order valence-corrected chi connectivity index (χ4v) is 2.06. The quantitative estimate of drug-likeness (QED) is 0.874. The normalized spacial score (nSPS) is 11.6. The molecule has 0 spiro atoms. The highest BCUT2D eigenvalue weighted by molar-refractivity contribution is 5.50. The van der Waals surface area contributed by atoms with Gasteiger partial charge in [0.05, 0.1) is 18.5 Å². The summed E-state index contributed by atoms with van der Waals surface area (Å²) in [5.74, 6) is 0. The Hall–Kier alpha value is -2.27. The molecule has 2 aromatic carbocycles. The molecule has 0 saturated carbocycles. The van der Waals surface area contributed by atoms with Gasteiger partial charge in [0.25, 0.3) is 0 Å². The van der Waals surface area contributed by atoms with E-state index < -0.39 is 0 Å². The van der Waals surface area contributed by atoms with Gasteiger partial charge in [-0.3, -0.25) is 0 Å². The van der Waals surface area contributed by atoms with Gasteiger partial charge in [-0.05, 0) is 42.7 Å². The molecule has 0 bridgehead atoms. The summed E-state index contributed by atoms with van der Waals surface area (Å²) >= 11 is 0. The molecular weight excluding hydrogens is 232 g/mol. The van der Waals surface area contributed by atoms with Crippen molar-refractivity contribution in [1.82, 2.24) is 0 Å². The maximum absolute atomic E-state index is 8.98. The molecule has 2 nitrogen and oxygen atoms in total. The monoisotopic (exact) mass is 250 g/mol. The minimum Gasteiger partial charge on any atom is -0.377 e. The van der Waals surface area contributed by atoms with Crippen LogP contribution in [0.1, 0.15) is 29.2 Å². The first-order chi connectivity index (χ1) is 9.20. The average molecular weight is 250 g/mol. The Bertz CT molecular complexity index is 582. The Morgan fingerprint density at radius 2 is 1.79 bits per heavy atom. The van der Waals surface area contributed by atoms with E-state index in [1.807, 2.05) is 18.2 Å². The highest BCUT2D eigenvalue weighted by atomic mass is 14.9. The lowest BCUT2D eigenvalue weighted by atomic mass is 10.0. The van der Waals surface area contributed by atoms with Gasteiger partial charge in [0.1, 0.15) is 0 Å². The lowest BCUT2D eigenvalue weighted by Gasteiger charge is -2.18. The van der Waals surface area contributed by atoms with Crippen LogP contribution in [0.5, 0.6) is 0 Å². The molecule has 2 aromatic rings. The van der Waals surface area contributed by atoms with Gasteiger partial charge in [-0.25, -0.2) is 0 Å². The van der Waals surface area contributed by atoms with Crippen molar-refractivity contribution in [2.24, 2.45) is 0 Å². The number of nitriles is 1. The molecular formula is C17H18N2. The average Bonchev–Trinajstić information content (AvgIpc) is 2.43. The molecule has 0 aliphatic carbocycles. The first-order valence-electron chi connectivity index (χ1n) is 6.46. The predicted molar refractivity (Wildman–Crippen MR) is 79.0 cm³/mol. The Morgan fingerprint density at radius 1 is 1.05 bits per heavy atom. The topological polar surface area (TPSA) is 35.8 Å². The van der Waals surface area contributed by atoms with E-state index in [0.717, 1.165) is 11.3 Å². The van der Waals surface area contributed by atoms with Crippen molar-refractivity contribution in [3.05, 3.63) is 65.2 Å². The van der Waals surface area contributed by atoms with Crippen LogP contribution in [0, 0.1) is 25.2 Å². The number of anilines is 1. The summed E-state index contributed by atoms with van der Waals surface area (Å²) < 4.78 is 0. The third kappa shape index (κ3) is 3.35. The van der Waals surface area contributed by atoms with Crippen LogP contribution in [0.4, 0.5) is 5.69 Å². The summed E-state index contributed by atoms with van der Waals surface area (Å²) in [6.45, 7) is 4.20. The van der Waals surface area contributed by atoms with Gasteiger partial charge in [0.2, 0.25) is 0 Å². The maximum Gasteiger partial charge on any atom is 0.0647 e. The number of nitrogens with one attached hydrogen (secondary N) is 1. The van der Waals surface area contributed by atoms with Gasteiger partial charge in [0.15, 0.2) is 0 Å². The second kappa shape index (κ2) is 6.06. The third-order valence-corrected chi connectivity index (χ3v) is 3.35. The maximum atomic E-state index is 8.98. The molecule has 0 radical (unpaired) electrons. The highest BCUT2D eigenvalue weighted by Gasteiger charge is 2.10. The zero-order chi connectivity index (χ0) is 13.7. The minimum atomic E-state index is 0.0355. The third-order valence-electron chi connectivity index (χ3n) is 3.35. The zero-order valence-corrected chi connectivity index (χ0v) is 11.4.